The van der Waals surface area contributed by atoms with E-state index in [0.29, 0.717) is 23.0 Å². The van der Waals surface area contributed by atoms with E-state index in [1.807, 2.05) is 18.2 Å². The molecule has 0 saturated carbocycles. The van der Waals surface area contributed by atoms with E-state index in [4.69, 9.17) is 16.3 Å². The number of benzene rings is 3. The number of ether oxygens (including phenoxy) is 1. The van der Waals surface area contributed by atoms with Crippen molar-refractivity contribution in [3.05, 3.63) is 107 Å². The second-order valence-corrected chi connectivity index (χ2v) is 10.7. The first kappa shape index (κ1) is 27.2. The molecule has 5 aromatic rings. The maximum Gasteiger partial charge on any atom is 0.141 e. The van der Waals surface area contributed by atoms with Crippen LogP contribution in [0.15, 0.2) is 79.4 Å². The number of anilines is 2. The molecule has 1 aliphatic heterocycles. The fourth-order valence-electron chi connectivity index (χ4n) is 5.28. The number of nitrogens with zero attached hydrogens (tertiary/aromatic N) is 4. The molecule has 7 nitrogen and oxygen atoms in total. The fraction of sp³-hybridized carbons (Fsp3) is 0.250. The highest BCUT2D eigenvalue weighted by Crippen LogP contribution is 2.32. The Balaban J connectivity index is 1.23. The lowest BCUT2D eigenvalue weighted by molar-refractivity contribution is 0.297. The van der Waals surface area contributed by atoms with Crippen LogP contribution < -0.4 is 10.1 Å². The van der Waals surface area contributed by atoms with Gasteiger partial charge in [-0.3, -0.25) is 4.90 Å². The number of aliphatic hydroxyl groups is 1. The van der Waals surface area contributed by atoms with Gasteiger partial charge in [-0.15, -0.1) is 0 Å². The van der Waals surface area contributed by atoms with Crippen molar-refractivity contribution in [2.75, 3.05) is 25.0 Å². The summed E-state index contributed by atoms with van der Waals surface area (Å²) in [5.74, 6) is 0.857. The summed E-state index contributed by atoms with van der Waals surface area (Å²) in [6.45, 7) is 3.47. The zero-order chi connectivity index (χ0) is 28.2. The zero-order valence-electron chi connectivity index (χ0n) is 22.6. The van der Waals surface area contributed by atoms with Gasteiger partial charge < -0.3 is 19.7 Å². The van der Waals surface area contributed by atoms with Crippen LogP contribution in [-0.2, 0) is 19.6 Å². The van der Waals surface area contributed by atoms with Crippen LogP contribution in [0, 0.1) is 5.82 Å². The minimum Gasteiger partial charge on any atom is -0.487 e. The third-order valence-corrected chi connectivity index (χ3v) is 7.67. The van der Waals surface area contributed by atoms with Crippen LogP contribution in [0.4, 0.5) is 15.9 Å². The van der Waals surface area contributed by atoms with Gasteiger partial charge in [0.05, 0.1) is 10.5 Å². The summed E-state index contributed by atoms with van der Waals surface area (Å²) < 4.78 is 21.4. The van der Waals surface area contributed by atoms with Crippen molar-refractivity contribution in [1.82, 2.24) is 19.4 Å². The van der Waals surface area contributed by atoms with E-state index in [2.05, 4.69) is 43.2 Å². The highest BCUT2D eigenvalue weighted by molar-refractivity contribution is 6.32. The molecule has 3 aromatic carbocycles. The SMILES string of the molecule is OCCc1cn(-c2ccc3ncnc(Nc4ccc(OCc5cccc(F)c5)c(Cl)c4)c3c2)cc1CN1CCCC1. The second kappa shape index (κ2) is 12.3. The van der Waals surface area contributed by atoms with E-state index in [-0.39, 0.29) is 19.0 Å². The Bertz CT molecular complexity index is 1670. The van der Waals surface area contributed by atoms with Crippen molar-refractivity contribution in [2.45, 2.75) is 32.4 Å². The normalized spacial score (nSPS) is 13.6. The Morgan fingerprint density at radius 3 is 2.63 bits per heavy atom. The molecule has 0 bridgehead atoms. The van der Waals surface area contributed by atoms with E-state index >= 15 is 0 Å². The summed E-state index contributed by atoms with van der Waals surface area (Å²) in [6.07, 6.45) is 8.93. The Labute approximate surface area is 243 Å². The molecule has 1 aliphatic rings. The molecule has 6 rings (SSSR count). The molecule has 0 aliphatic carbocycles. The van der Waals surface area contributed by atoms with Crippen LogP contribution >= 0.6 is 11.6 Å². The molecule has 1 fully saturated rings. The summed E-state index contributed by atoms with van der Waals surface area (Å²) in [7, 11) is 0. The van der Waals surface area contributed by atoms with Crippen LogP contribution in [0.5, 0.6) is 5.75 Å². The van der Waals surface area contributed by atoms with E-state index in [0.717, 1.165) is 53.0 Å². The van der Waals surface area contributed by atoms with Gasteiger partial charge in [0.1, 0.15) is 30.3 Å². The third kappa shape index (κ3) is 6.35. The van der Waals surface area contributed by atoms with E-state index in [1.54, 1.807) is 24.3 Å². The molecule has 1 saturated heterocycles. The monoisotopic (exact) mass is 571 g/mol. The van der Waals surface area contributed by atoms with Gasteiger partial charge in [-0.05, 0) is 97.6 Å². The first-order valence-electron chi connectivity index (χ1n) is 13.8. The van der Waals surface area contributed by atoms with E-state index in [1.165, 1.54) is 36.9 Å². The van der Waals surface area contributed by atoms with Gasteiger partial charge in [0.2, 0.25) is 0 Å². The molecule has 0 spiro atoms. The molecule has 0 amide bonds. The summed E-state index contributed by atoms with van der Waals surface area (Å²) in [6, 6.07) is 17.8. The predicted octanol–water partition coefficient (Wildman–Crippen LogP) is 6.67. The highest BCUT2D eigenvalue weighted by Gasteiger charge is 2.16. The summed E-state index contributed by atoms with van der Waals surface area (Å²) >= 11 is 6.52. The number of likely N-dealkylation sites (tertiary alicyclic amines) is 1. The number of aliphatic hydroxyl groups excluding tert-OH is 1. The maximum atomic E-state index is 13.5. The van der Waals surface area contributed by atoms with Crippen LogP contribution in [0.25, 0.3) is 16.6 Å². The van der Waals surface area contributed by atoms with Crippen molar-refractivity contribution in [3.63, 3.8) is 0 Å². The lowest BCUT2D eigenvalue weighted by atomic mass is 10.1. The molecular formula is C32H31ClFN5O2. The van der Waals surface area contributed by atoms with Gasteiger partial charge in [0.25, 0.3) is 0 Å². The number of aromatic nitrogens is 3. The minimum atomic E-state index is -0.304. The zero-order valence-corrected chi connectivity index (χ0v) is 23.3. The Morgan fingerprint density at radius 2 is 1.83 bits per heavy atom. The van der Waals surface area contributed by atoms with Crippen molar-refractivity contribution >= 4 is 34.0 Å². The van der Waals surface area contributed by atoms with Crippen molar-refractivity contribution in [2.24, 2.45) is 0 Å². The van der Waals surface area contributed by atoms with E-state index < -0.39 is 0 Å². The molecule has 210 valence electrons. The number of nitrogens with one attached hydrogen (secondary N) is 1. The van der Waals surface area contributed by atoms with Crippen LogP contribution in [0.2, 0.25) is 5.02 Å². The smallest absolute Gasteiger partial charge is 0.141 e. The van der Waals surface area contributed by atoms with Gasteiger partial charge in [0, 0.05) is 42.3 Å². The Kier molecular flexibility index (Phi) is 8.14. The number of fused-ring (bicyclic) bond motifs is 1. The van der Waals surface area contributed by atoms with Gasteiger partial charge in [-0.2, -0.15) is 0 Å². The molecule has 0 atom stereocenters. The highest BCUT2D eigenvalue weighted by atomic mass is 35.5. The Hall–Kier alpha value is -3.98. The quantitative estimate of drug-likeness (QED) is 0.195. The number of hydrogen-bond acceptors (Lipinski definition) is 6. The van der Waals surface area contributed by atoms with Gasteiger partial charge in [-0.25, -0.2) is 14.4 Å². The molecule has 0 radical (unpaired) electrons. The van der Waals surface area contributed by atoms with E-state index in [9.17, 15) is 9.50 Å². The molecular weight excluding hydrogens is 541 g/mol. The summed E-state index contributed by atoms with van der Waals surface area (Å²) in [5.41, 5.74) is 5.68. The van der Waals surface area contributed by atoms with Crippen LogP contribution in [0.1, 0.15) is 29.5 Å². The standard InChI is InChI=1S/C32H31ClFN5O2/c33-29-15-26(6-9-31(29)41-20-22-4-3-5-25(34)14-22)37-32-28-16-27(7-8-30(28)35-21-36-32)39-18-23(10-13-40)24(19-39)17-38-11-1-2-12-38/h3-9,14-16,18-19,21,40H,1-2,10-13,17,20H2,(H,35,36,37). The molecule has 41 heavy (non-hydrogen) atoms. The summed E-state index contributed by atoms with van der Waals surface area (Å²) in [4.78, 5) is 11.4. The largest absolute Gasteiger partial charge is 0.487 e. The molecule has 2 aromatic heterocycles. The third-order valence-electron chi connectivity index (χ3n) is 7.37. The van der Waals surface area contributed by atoms with Crippen molar-refractivity contribution in [3.8, 4) is 11.4 Å². The van der Waals surface area contributed by atoms with Gasteiger partial charge >= 0.3 is 0 Å². The lowest BCUT2D eigenvalue weighted by Gasteiger charge is -2.14. The molecule has 9 heteroatoms. The van der Waals surface area contributed by atoms with Gasteiger partial charge in [-0.1, -0.05) is 23.7 Å². The fourth-order valence-corrected chi connectivity index (χ4v) is 5.52. The van der Waals surface area contributed by atoms with Crippen molar-refractivity contribution in [1.29, 1.82) is 0 Å². The topological polar surface area (TPSA) is 75.4 Å². The summed E-state index contributed by atoms with van der Waals surface area (Å²) in [5, 5.41) is 14.3. The minimum absolute atomic E-state index is 0.119. The number of hydrogen-bond donors (Lipinski definition) is 2. The second-order valence-electron chi connectivity index (χ2n) is 10.3. The van der Waals surface area contributed by atoms with Gasteiger partial charge in [0.15, 0.2) is 0 Å². The number of halogens is 2. The molecule has 3 heterocycles. The predicted molar refractivity (Wildman–Crippen MR) is 160 cm³/mol. The van der Waals surface area contributed by atoms with Crippen LogP contribution in [0.3, 0.4) is 0 Å². The average Bonchev–Trinajstić information content (AvgIpc) is 3.63. The maximum absolute atomic E-state index is 13.5. The number of rotatable bonds is 10. The first-order valence-corrected chi connectivity index (χ1v) is 14.2. The van der Waals surface area contributed by atoms with Crippen LogP contribution in [-0.4, -0.2) is 44.2 Å². The average molecular weight is 572 g/mol. The molecule has 2 N–H and O–H groups in total. The van der Waals surface area contributed by atoms with Crippen molar-refractivity contribution < 1.29 is 14.2 Å². The Morgan fingerprint density at radius 1 is 0.976 bits per heavy atom. The molecule has 0 unspecified atom stereocenters. The lowest BCUT2D eigenvalue weighted by Crippen LogP contribution is -2.18. The first-order chi connectivity index (χ1) is 20.1.